The molecule has 16 heteroatoms. The minimum absolute atomic E-state index is 0.0294. The van der Waals surface area contributed by atoms with Crippen molar-refractivity contribution in [2.75, 3.05) is 13.1 Å². The fourth-order valence-corrected chi connectivity index (χ4v) is 4.95. The molecule has 192 valence electrons. The van der Waals surface area contributed by atoms with E-state index in [1.54, 1.807) is 0 Å². The number of amides is 2. The first kappa shape index (κ1) is 27.6. The molecule has 0 atom stereocenters. The fraction of sp³-hybridized carbons (Fsp3) is 0.200. The minimum atomic E-state index is -4.99. The molecule has 0 aliphatic carbocycles. The topological polar surface area (TPSA) is 98.7 Å². The first-order valence-corrected chi connectivity index (χ1v) is 11.6. The van der Waals surface area contributed by atoms with Gasteiger partial charge in [0.1, 0.15) is 6.54 Å². The third-order valence-electron chi connectivity index (χ3n) is 4.44. The van der Waals surface area contributed by atoms with Crippen LogP contribution < -0.4 is 10.7 Å². The number of carboxylic acid groups (broad SMARTS) is 1. The molecular weight excluding hydrogens is 556 g/mol. The van der Waals surface area contributed by atoms with Gasteiger partial charge < -0.3 is 10.4 Å². The van der Waals surface area contributed by atoms with Crippen LogP contribution in [0.25, 0.3) is 17.2 Å². The van der Waals surface area contributed by atoms with E-state index in [-0.39, 0.29) is 26.4 Å². The van der Waals surface area contributed by atoms with Crippen molar-refractivity contribution >= 4 is 63.5 Å². The normalized spacial score (nSPS) is 15.6. The van der Waals surface area contributed by atoms with Crippen LogP contribution in [0, 0.1) is 0 Å². The standard InChI is InChI=1S/C20H13F6N3O4S3/c21-19(22,23)11-1-9(2-12(4-11)20(24,25)26)10-3-13(35-8-10)5-14-17(33)29(18(34)36-14)28-6-15(30)27-7-16(31)32/h1-5,8,28H,6-7H2,(H,27,30)(H,31,32)/b14-5-. The molecular formula is C20H13F6N3O4S3. The van der Waals surface area contributed by atoms with Crippen LogP contribution in [-0.4, -0.2) is 45.3 Å². The maximum atomic E-state index is 13.1. The number of thioether (sulfide) groups is 1. The average molecular weight is 570 g/mol. The number of alkyl halides is 6. The third kappa shape index (κ3) is 6.83. The first-order valence-electron chi connectivity index (χ1n) is 9.53. The first-order chi connectivity index (χ1) is 16.6. The van der Waals surface area contributed by atoms with Crippen LogP contribution >= 0.6 is 35.3 Å². The fourth-order valence-electron chi connectivity index (χ4n) is 2.82. The van der Waals surface area contributed by atoms with Crippen molar-refractivity contribution in [1.29, 1.82) is 0 Å². The number of carboxylic acids is 1. The zero-order valence-corrected chi connectivity index (χ0v) is 19.9. The number of carbonyl (C=O) groups is 3. The summed E-state index contributed by atoms with van der Waals surface area (Å²) in [6, 6.07) is 2.59. The Hall–Kier alpha value is -2.95. The van der Waals surface area contributed by atoms with Gasteiger partial charge >= 0.3 is 18.3 Å². The van der Waals surface area contributed by atoms with E-state index >= 15 is 0 Å². The lowest BCUT2D eigenvalue weighted by Crippen LogP contribution is -2.47. The van der Waals surface area contributed by atoms with Gasteiger partial charge in [-0.3, -0.25) is 14.4 Å². The van der Waals surface area contributed by atoms with Crippen LogP contribution in [-0.2, 0) is 26.7 Å². The van der Waals surface area contributed by atoms with Gasteiger partial charge in [0.25, 0.3) is 5.91 Å². The zero-order chi connectivity index (χ0) is 26.8. The molecule has 0 radical (unpaired) electrons. The molecule has 1 aromatic heterocycles. The summed E-state index contributed by atoms with van der Waals surface area (Å²) in [5.74, 6) is -2.62. The molecule has 0 bridgehead atoms. The van der Waals surface area contributed by atoms with Crippen molar-refractivity contribution in [2.24, 2.45) is 0 Å². The van der Waals surface area contributed by atoms with E-state index < -0.39 is 54.4 Å². The van der Waals surface area contributed by atoms with Crippen molar-refractivity contribution in [3.63, 3.8) is 0 Å². The van der Waals surface area contributed by atoms with Crippen LogP contribution in [0.2, 0.25) is 0 Å². The summed E-state index contributed by atoms with van der Waals surface area (Å²) in [4.78, 5) is 35.1. The Balaban J connectivity index is 1.79. The van der Waals surface area contributed by atoms with Crippen LogP contribution in [0.15, 0.2) is 34.6 Å². The van der Waals surface area contributed by atoms with E-state index in [1.165, 1.54) is 17.5 Å². The van der Waals surface area contributed by atoms with Crippen molar-refractivity contribution in [3.8, 4) is 11.1 Å². The van der Waals surface area contributed by atoms with Crippen LogP contribution in [0.5, 0.6) is 0 Å². The molecule has 2 aromatic rings. The van der Waals surface area contributed by atoms with E-state index in [0.717, 1.165) is 28.1 Å². The number of nitrogens with one attached hydrogen (secondary N) is 2. The van der Waals surface area contributed by atoms with Crippen molar-refractivity contribution in [1.82, 2.24) is 15.8 Å². The lowest BCUT2D eigenvalue weighted by molar-refractivity contribution is -0.143. The predicted octanol–water partition coefficient (Wildman–Crippen LogP) is 4.36. The molecule has 36 heavy (non-hydrogen) atoms. The van der Waals surface area contributed by atoms with Crippen molar-refractivity contribution < 1.29 is 45.8 Å². The molecule has 1 saturated heterocycles. The summed E-state index contributed by atoms with van der Waals surface area (Å²) in [6.45, 7) is -1.07. The van der Waals surface area contributed by atoms with Gasteiger partial charge in [-0.1, -0.05) is 24.0 Å². The lowest BCUT2D eigenvalue weighted by atomic mass is 10.0. The second kappa shape index (κ2) is 10.6. The summed E-state index contributed by atoms with van der Waals surface area (Å²) < 4.78 is 78.9. The summed E-state index contributed by atoms with van der Waals surface area (Å²) in [5.41, 5.74) is -0.639. The third-order valence-corrected chi connectivity index (χ3v) is 6.62. The molecule has 3 N–H and O–H groups in total. The quantitative estimate of drug-likeness (QED) is 0.259. The smallest absolute Gasteiger partial charge is 0.416 e. The molecule has 0 unspecified atom stereocenters. The van der Waals surface area contributed by atoms with Crippen LogP contribution in [0.1, 0.15) is 16.0 Å². The van der Waals surface area contributed by atoms with Gasteiger partial charge in [0.05, 0.1) is 22.6 Å². The Morgan fingerprint density at radius 2 is 1.61 bits per heavy atom. The molecule has 2 amide bonds. The second-order valence-corrected chi connectivity index (χ2v) is 9.67. The molecule has 0 spiro atoms. The van der Waals surface area contributed by atoms with Crippen molar-refractivity contribution in [2.45, 2.75) is 12.4 Å². The summed E-state index contributed by atoms with van der Waals surface area (Å²) >= 11 is 6.91. The van der Waals surface area contributed by atoms with E-state index in [0.29, 0.717) is 17.0 Å². The van der Waals surface area contributed by atoms with Gasteiger partial charge in [-0.05, 0) is 46.8 Å². The van der Waals surface area contributed by atoms with E-state index in [4.69, 9.17) is 17.3 Å². The Bertz CT molecular complexity index is 1220. The minimum Gasteiger partial charge on any atom is -0.480 e. The van der Waals surface area contributed by atoms with Gasteiger partial charge in [0.15, 0.2) is 4.32 Å². The number of hydrogen-bond donors (Lipinski definition) is 3. The maximum Gasteiger partial charge on any atom is 0.416 e. The van der Waals surface area contributed by atoms with Gasteiger partial charge in [0, 0.05) is 4.88 Å². The summed E-state index contributed by atoms with van der Waals surface area (Å²) in [7, 11) is 0. The Kier molecular flexibility index (Phi) is 8.12. The van der Waals surface area contributed by atoms with Crippen LogP contribution in [0.3, 0.4) is 0 Å². The highest BCUT2D eigenvalue weighted by Gasteiger charge is 2.37. The highest BCUT2D eigenvalue weighted by molar-refractivity contribution is 8.26. The number of aliphatic carboxylic acids is 1. The monoisotopic (exact) mass is 569 g/mol. The highest BCUT2D eigenvalue weighted by Crippen LogP contribution is 2.40. The molecule has 1 aliphatic rings. The number of thiophene rings is 1. The van der Waals surface area contributed by atoms with Crippen LogP contribution in [0.4, 0.5) is 26.3 Å². The summed E-state index contributed by atoms with van der Waals surface area (Å²) in [6.07, 6.45) is -8.61. The highest BCUT2D eigenvalue weighted by atomic mass is 32.2. The molecule has 3 rings (SSSR count). The lowest BCUT2D eigenvalue weighted by Gasteiger charge is -2.15. The van der Waals surface area contributed by atoms with Gasteiger partial charge in [0.2, 0.25) is 5.91 Å². The van der Waals surface area contributed by atoms with E-state index in [2.05, 4.69) is 10.7 Å². The number of hydrazine groups is 1. The van der Waals surface area contributed by atoms with Gasteiger partial charge in [-0.2, -0.15) is 26.3 Å². The number of hydrogen-bond acceptors (Lipinski definition) is 7. The molecule has 1 aliphatic heterocycles. The second-order valence-electron chi connectivity index (χ2n) is 7.05. The van der Waals surface area contributed by atoms with E-state index in [9.17, 15) is 40.7 Å². The molecule has 2 heterocycles. The molecule has 7 nitrogen and oxygen atoms in total. The Morgan fingerprint density at radius 1 is 1.00 bits per heavy atom. The molecule has 1 fully saturated rings. The van der Waals surface area contributed by atoms with Gasteiger partial charge in [-0.25, -0.2) is 10.4 Å². The average Bonchev–Trinajstić information content (AvgIpc) is 3.34. The maximum absolute atomic E-state index is 13.1. The number of nitrogens with zero attached hydrogens (tertiary/aromatic N) is 1. The number of carbonyl (C=O) groups excluding carboxylic acids is 2. The number of thiocarbonyl (C=S) groups is 1. The largest absolute Gasteiger partial charge is 0.480 e. The Morgan fingerprint density at radius 3 is 2.17 bits per heavy atom. The molecule has 1 aromatic carbocycles. The predicted molar refractivity (Wildman–Crippen MR) is 123 cm³/mol. The van der Waals surface area contributed by atoms with Crippen molar-refractivity contribution in [3.05, 3.63) is 50.6 Å². The summed E-state index contributed by atoms with van der Waals surface area (Å²) in [5, 5.41) is 12.9. The zero-order valence-electron chi connectivity index (χ0n) is 17.5. The number of benzene rings is 1. The van der Waals surface area contributed by atoms with Gasteiger partial charge in [-0.15, -0.1) is 11.3 Å². The number of halogens is 6. The SMILES string of the molecule is O=C(O)CNC(=O)CNN1C(=O)/C(=C/c2cc(-c3cc(C(F)(F)F)cc(C(F)(F)F)c3)cs2)SC1=S. The molecule has 0 saturated carbocycles. The van der Waals surface area contributed by atoms with E-state index in [1.807, 2.05) is 0 Å². The number of rotatable bonds is 7. The Labute approximate surface area is 212 Å².